The summed E-state index contributed by atoms with van der Waals surface area (Å²) in [5.41, 5.74) is 0.466. The highest BCUT2D eigenvalue weighted by molar-refractivity contribution is 7.90. The summed E-state index contributed by atoms with van der Waals surface area (Å²) >= 11 is 0. The van der Waals surface area contributed by atoms with Gasteiger partial charge in [-0.2, -0.15) is 4.40 Å². The molecule has 1 amide bonds. The van der Waals surface area contributed by atoms with Gasteiger partial charge in [0.2, 0.25) is 11.9 Å². The largest absolute Gasteiger partial charge is 0.492 e. The molecule has 0 spiro atoms. The molecule has 0 aliphatic carbocycles. The zero-order valence-corrected chi connectivity index (χ0v) is 18.5. The van der Waals surface area contributed by atoms with Crippen LogP contribution in [-0.2, 0) is 21.2 Å². The van der Waals surface area contributed by atoms with Crippen LogP contribution in [0.2, 0.25) is 0 Å². The van der Waals surface area contributed by atoms with Crippen molar-refractivity contribution in [1.82, 2.24) is 4.90 Å². The normalized spacial score (nSPS) is 21.5. The van der Waals surface area contributed by atoms with Crippen molar-refractivity contribution in [1.29, 1.82) is 0 Å². The smallest absolute Gasteiger partial charge is 0.282 e. The van der Waals surface area contributed by atoms with E-state index in [1.165, 1.54) is 0 Å². The van der Waals surface area contributed by atoms with Crippen molar-refractivity contribution in [3.05, 3.63) is 53.6 Å². The molecule has 0 N–H and O–H groups in total. The number of amides is 1. The Morgan fingerprint density at radius 2 is 1.97 bits per heavy atom. The topological polar surface area (TPSA) is 76.0 Å². The van der Waals surface area contributed by atoms with Crippen molar-refractivity contribution in [3.8, 4) is 16.9 Å². The van der Waals surface area contributed by atoms with Crippen molar-refractivity contribution in [3.63, 3.8) is 0 Å². The number of piperidine rings is 1. The van der Waals surface area contributed by atoms with E-state index in [1.54, 1.807) is 29.2 Å². The van der Waals surface area contributed by atoms with Gasteiger partial charge in [0.25, 0.3) is 10.0 Å². The summed E-state index contributed by atoms with van der Waals surface area (Å²) < 4.78 is 75.1. The highest BCUT2D eigenvalue weighted by atomic mass is 32.2. The van der Waals surface area contributed by atoms with Gasteiger partial charge in [-0.3, -0.25) is 4.79 Å². The molecule has 1 unspecified atom stereocenters. The fraction of sp³-hybridized carbons (Fsp3) is 0.391. The first-order chi connectivity index (χ1) is 15.8. The number of carbonyl (C=O) groups excluding carboxylic acids is 1. The fourth-order valence-corrected chi connectivity index (χ4v) is 4.85. The lowest BCUT2D eigenvalue weighted by Crippen LogP contribution is -2.50. The first-order valence-corrected chi connectivity index (χ1v) is 12.2. The van der Waals surface area contributed by atoms with Crippen LogP contribution in [0.25, 0.3) is 11.1 Å². The van der Waals surface area contributed by atoms with Gasteiger partial charge in [0, 0.05) is 35.8 Å². The Kier molecular flexibility index (Phi) is 6.73. The number of sulfonamides is 1. The van der Waals surface area contributed by atoms with Crippen LogP contribution in [0.4, 0.5) is 13.2 Å². The zero-order valence-electron chi connectivity index (χ0n) is 17.7. The van der Waals surface area contributed by atoms with Crippen molar-refractivity contribution in [2.24, 2.45) is 10.3 Å². The molecule has 0 aromatic heterocycles. The lowest BCUT2D eigenvalue weighted by molar-refractivity contribution is -0.136. The van der Waals surface area contributed by atoms with Gasteiger partial charge in [0.05, 0.1) is 13.0 Å². The summed E-state index contributed by atoms with van der Waals surface area (Å²) in [6.07, 6.45) is 2.17. The number of halogens is 3. The van der Waals surface area contributed by atoms with Gasteiger partial charge in [0.15, 0.2) is 0 Å². The third-order valence-corrected chi connectivity index (χ3v) is 6.71. The number of alkyl halides is 1. The molecule has 2 atom stereocenters. The van der Waals surface area contributed by atoms with E-state index in [2.05, 4.69) is 4.40 Å². The zero-order chi connectivity index (χ0) is 23.6. The van der Waals surface area contributed by atoms with Crippen LogP contribution in [0.3, 0.4) is 0 Å². The Morgan fingerprint density at radius 3 is 2.76 bits per heavy atom. The predicted octanol–water partition coefficient (Wildman–Crippen LogP) is 3.89. The minimum Gasteiger partial charge on any atom is -0.492 e. The van der Waals surface area contributed by atoms with Gasteiger partial charge >= 0.3 is 0 Å². The van der Waals surface area contributed by atoms with E-state index in [-0.39, 0.29) is 36.5 Å². The van der Waals surface area contributed by atoms with E-state index in [4.69, 9.17) is 4.74 Å². The molecule has 0 radical (unpaired) electrons. The van der Waals surface area contributed by atoms with Crippen LogP contribution in [0.5, 0.6) is 5.75 Å². The van der Waals surface area contributed by atoms with Crippen LogP contribution in [0.1, 0.15) is 24.8 Å². The maximum Gasteiger partial charge on any atom is 0.282 e. The third-order valence-electron chi connectivity index (χ3n) is 5.99. The van der Waals surface area contributed by atoms with Crippen LogP contribution in [0, 0.1) is 17.6 Å². The van der Waals surface area contributed by atoms with Gasteiger partial charge in [-0.25, -0.2) is 21.6 Å². The van der Waals surface area contributed by atoms with Crippen molar-refractivity contribution < 1.29 is 31.1 Å². The second-order valence-corrected chi connectivity index (χ2v) is 9.72. The van der Waals surface area contributed by atoms with E-state index in [1.807, 2.05) is 0 Å². The van der Waals surface area contributed by atoms with Crippen LogP contribution in [0.15, 0.2) is 40.8 Å². The molecule has 2 aliphatic heterocycles. The summed E-state index contributed by atoms with van der Waals surface area (Å²) in [5, 5.41) is 0. The predicted molar refractivity (Wildman–Crippen MR) is 117 cm³/mol. The standard InChI is InChI=1S/C23H23F3N2O4S/c24-14-33(30,31)27-13-15-4-3-8-28-20(15)11-16-10-17(25)12-19(23(16)26)18-5-1-2-6-21(18)32-9-7-22(28)29/h1-2,5-6,10,12-13,15,20H,3-4,7-9,11,14H2/t15?,20-/m0/s1. The molecule has 1 saturated heterocycles. The number of hydrogen-bond acceptors (Lipinski definition) is 4. The van der Waals surface area contributed by atoms with Crippen LogP contribution >= 0.6 is 0 Å². The van der Waals surface area contributed by atoms with Crippen LogP contribution in [-0.4, -0.2) is 50.6 Å². The van der Waals surface area contributed by atoms with Gasteiger partial charge in [-0.15, -0.1) is 0 Å². The Labute approximate surface area is 190 Å². The maximum absolute atomic E-state index is 15.6. The summed E-state index contributed by atoms with van der Waals surface area (Å²) in [6.45, 7) is 0.419. The number of fused-ring (bicyclic) bond motifs is 5. The lowest BCUT2D eigenvalue weighted by atomic mass is 9.85. The van der Waals surface area contributed by atoms with E-state index < -0.39 is 39.6 Å². The van der Waals surface area contributed by atoms with E-state index in [0.29, 0.717) is 30.7 Å². The number of ether oxygens (including phenoxy) is 1. The molecular formula is C23H23F3N2O4S. The van der Waals surface area contributed by atoms with E-state index >= 15 is 4.39 Å². The molecule has 2 aliphatic rings. The second-order valence-electron chi connectivity index (χ2n) is 8.13. The summed E-state index contributed by atoms with van der Waals surface area (Å²) in [5.74, 6) is -1.75. The monoisotopic (exact) mass is 480 g/mol. The second kappa shape index (κ2) is 9.54. The fourth-order valence-electron chi connectivity index (χ4n) is 4.45. The van der Waals surface area contributed by atoms with Gasteiger partial charge in [-0.1, -0.05) is 18.2 Å². The molecule has 2 heterocycles. The molecule has 6 nitrogen and oxygen atoms in total. The van der Waals surface area contributed by atoms with Crippen molar-refractivity contribution in [2.75, 3.05) is 19.2 Å². The molecule has 2 aromatic rings. The average molecular weight is 481 g/mol. The van der Waals surface area contributed by atoms with E-state index in [0.717, 1.165) is 18.3 Å². The molecule has 2 bridgehead atoms. The molecular weight excluding hydrogens is 457 g/mol. The Morgan fingerprint density at radius 1 is 1.18 bits per heavy atom. The maximum atomic E-state index is 15.6. The lowest BCUT2D eigenvalue weighted by Gasteiger charge is -2.40. The van der Waals surface area contributed by atoms with Crippen molar-refractivity contribution >= 4 is 22.1 Å². The minimum atomic E-state index is -4.27. The molecule has 33 heavy (non-hydrogen) atoms. The Bertz CT molecular complexity index is 1190. The van der Waals surface area contributed by atoms with E-state index in [9.17, 15) is 22.0 Å². The summed E-state index contributed by atoms with van der Waals surface area (Å²) in [4.78, 5) is 14.6. The van der Waals surface area contributed by atoms with Gasteiger partial charge in [0.1, 0.15) is 17.4 Å². The molecule has 176 valence electrons. The highest BCUT2D eigenvalue weighted by Crippen LogP contribution is 2.36. The average Bonchev–Trinajstić information content (AvgIpc) is 2.80. The minimum absolute atomic E-state index is 0.0395. The Hall–Kier alpha value is -2.88. The van der Waals surface area contributed by atoms with Crippen molar-refractivity contribution in [2.45, 2.75) is 31.7 Å². The third kappa shape index (κ3) is 5.05. The van der Waals surface area contributed by atoms with Gasteiger partial charge < -0.3 is 9.64 Å². The molecule has 1 fully saturated rings. The summed E-state index contributed by atoms with van der Waals surface area (Å²) in [6, 6.07) is 6.53. The SMILES string of the molecule is O=C1CCOc2ccccc2-c2cc(F)cc(c2F)C[C@H]2C(C=NS(=O)(=O)CF)CCCN12. The molecule has 10 heteroatoms. The number of nitrogens with zero attached hydrogens (tertiary/aromatic N) is 2. The quantitative estimate of drug-likeness (QED) is 0.625. The van der Waals surface area contributed by atoms with Gasteiger partial charge in [-0.05, 0) is 43.0 Å². The first kappa shape index (κ1) is 23.3. The first-order valence-electron chi connectivity index (χ1n) is 10.6. The number of rotatable bonds is 3. The Balaban J connectivity index is 1.81. The number of benzene rings is 2. The van der Waals surface area contributed by atoms with Crippen LogP contribution < -0.4 is 4.74 Å². The number of carbonyl (C=O) groups is 1. The molecule has 0 saturated carbocycles. The molecule has 2 aromatic carbocycles. The number of hydrogen-bond donors (Lipinski definition) is 0. The summed E-state index contributed by atoms with van der Waals surface area (Å²) in [7, 11) is -4.27. The molecule has 4 rings (SSSR count). The number of para-hydroxylation sites is 1. The highest BCUT2D eigenvalue weighted by Gasteiger charge is 2.35.